The second-order valence-electron chi connectivity index (χ2n) is 6.04. The maximum absolute atomic E-state index is 12.9. The molecule has 0 saturated carbocycles. The number of hydrogen-bond donors (Lipinski definition) is 0. The molecule has 0 amide bonds. The number of nitrogens with zero attached hydrogens (tertiary/aromatic N) is 4. The van der Waals surface area contributed by atoms with Gasteiger partial charge in [-0.3, -0.25) is 9.36 Å². The second kappa shape index (κ2) is 8.06. The smallest absolute Gasteiger partial charge is 0.262 e. The van der Waals surface area contributed by atoms with Crippen molar-refractivity contribution in [2.75, 3.05) is 0 Å². The van der Waals surface area contributed by atoms with Crippen LogP contribution in [0.25, 0.3) is 22.4 Å². The van der Waals surface area contributed by atoms with E-state index in [9.17, 15) is 4.79 Å². The lowest BCUT2D eigenvalue weighted by Gasteiger charge is -2.12. The number of fused-ring (bicyclic) bond motifs is 1. The van der Waals surface area contributed by atoms with Crippen molar-refractivity contribution in [3.05, 3.63) is 57.3 Å². The Morgan fingerprint density at radius 3 is 2.93 bits per heavy atom. The van der Waals surface area contributed by atoms with E-state index >= 15 is 0 Å². The maximum Gasteiger partial charge on any atom is 0.262 e. The van der Waals surface area contributed by atoms with Crippen molar-refractivity contribution in [2.24, 2.45) is 0 Å². The number of hydrogen-bond acceptors (Lipinski definition) is 7. The van der Waals surface area contributed by atoms with Gasteiger partial charge >= 0.3 is 0 Å². The predicted octanol–water partition coefficient (Wildman–Crippen LogP) is 4.60. The molecule has 3 heterocycles. The van der Waals surface area contributed by atoms with Crippen molar-refractivity contribution in [3.8, 4) is 11.5 Å². The Hall–Kier alpha value is -2.45. The third-order valence-electron chi connectivity index (χ3n) is 4.13. The highest BCUT2D eigenvalue weighted by molar-refractivity contribution is 7.98. The van der Waals surface area contributed by atoms with Gasteiger partial charge in [-0.15, -0.1) is 0 Å². The fraction of sp³-hybridized carbons (Fsp3) is 0.263. The first kappa shape index (κ1) is 17.9. The zero-order valence-electron chi connectivity index (χ0n) is 14.8. The summed E-state index contributed by atoms with van der Waals surface area (Å²) in [5.74, 6) is 1.59. The van der Waals surface area contributed by atoms with E-state index in [0.29, 0.717) is 40.1 Å². The molecule has 4 rings (SSSR count). The number of aromatic nitrogens is 4. The van der Waals surface area contributed by atoms with Gasteiger partial charge in [-0.2, -0.15) is 16.3 Å². The SMILES string of the molecule is CCCCn1c(SCc2noc(-c3ccsc3)n2)nc2ccccc2c1=O. The fourth-order valence-electron chi connectivity index (χ4n) is 2.72. The van der Waals surface area contributed by atoms with Crippen molar-refractivity contribution in [1.82, 2.24) is 19.7 Å². The van der Waals surface area contributed by atoms with Crippen molar-refractivity contribution >= 4 is 34.0 Å². The first-order valence-electron chi connectivity index (χ1n) is 8.74. The van der Waals surface area contributed by atoms with Crippen LogP contribution in [0.4, 0.5) is 0 Å². The molecular formula is C19H18N4O2S2. The van der Waals surface area contributed by atoms with Gasteiger partial charge in [-0.25, -0.2) is 4.98 Å². The molecule has 1 aromatic carbocycles. The van der Waals surface area contributed by atoms with Crippen LogP contribution in [0.3, 0.4) is 0 Å². The molecule has 138 valence electrons. The molecule has 0 N–H and O–H groups in total. The quantitative estimate of drug-likeness (QED) is 0.335. The third-order valence-corrected chi connectivity index (χ3v) is 5.78. The molecule has 0 aliphatic heterocycles. The van der Waals surface area contributed by atoms with Gasteiger partial charge in [0.05, 0.1) is 22.2 Å². The number of benzene rings is 1. The number of unbranched alkanes of at least 4 members (excludes halogenated alkanes) is 1. The van der Waals surface area contributed by atoms with Gasteiger partial charge in [-0.1, -0.05) is 42.4 Å². The van der Waals surface area contributed by atoms with Gasteiger partial charge in [0.25, 0.3) is 11.4 Å². The normalized spacial score (nSPS) is 11.3. The van der Waals surface area contributed by atoms with E-state index in [2.05, 4.69) is 17.1 Å². The monoisotopic (exact) mass is 398 g/mol. The summed E-state index contributed by atoms with van der Waals surface area (Å²) < 4.78 is 7.09. The van der Waals surface area contributed by atoms with E-state index < -0.39 is 0 Å². The summed E-state index contributed by atoms with van der Waals surface area (Å²) in [5.41, 5.74) is 1.64. The van der Waals surface area contributed by atoms with E-state index in [1.807, 2.05) is 41.1 Å². The highest BCUT2D eigenvalue weighted by Crippen LogP contribution is 2.24. The van der Waals surface area contributed by atoms with E-state index in [-0.39, 0.29) is 5.56 Å². The number of rotatable bonds is 7. The molecule has 0 radical (unpaired) electrons. The van der Waals surface area contributed by atoms with Gasteiger partial charge < -0.3 is 4.52 Å². The lowest BCUT2D eigenvalue weighted by Crippen LogP contribution is -2.23. The van der Waals surface area contributed by atoms with Crippen LogP contribution in [-0.2, 0) is 12.3 Å². The topological polar surface area (TPSA) is 73.8 Å². The summed E-state index contributed by atoms with van der Waals surface area (Å²) in [6, 6.07) is 9.41. The summed E-state index contributed by atoms with van der Waals surface area (Å²) >= 11 is 3.04. The van der Waals surface area contributed by atoms with Crippen LogP contribution >= 0.6 is 23.1 Å². The third kappa shape index (κ3) is 3.81. The van der Waals surface area contributed by atoms with Gasteiger partial charge in [0.1, 0.15) is 0 Å². The zero-order chi connectivity index (χ0) is 18.6. The average Bonchev–Trinajstić information content (AvgIpc) is 3.37. The van der Waals surface area contributed by atoms with E-state index in [1.54, 1.807) is 15.9 Å². The zero-order valence-corrected chi connectivity index (χ0v) is 16.4. The summed E-state index contributed by atoms with van der Waals surface area (Å²) in [7, 11) is 0. The van der Waals surface area contributed by atoms with Crippen LogP contribution in [0.1, 0.15) is 25.6 Å². The van der Waals surface area contributed by atoms with Gasteiger partial charge in [-0.05, 0) is 30.0 Å². The lowest BCUT2D eigenvalue weighted by molar-refractivity contribution is 0.425. The van der Waals surface area contributed by atoms with Crippen molar-refractivity contribution < 1.29 is 4.52 Å². The Labute approximate surface area is 164 Å². The molecule has 27 heavy (non-hydrogen) atoms. The Balaban J connectivity index is 1.61. The molecule has 0 spiro atoms. The van der Waals surface area contributed by atoms with E-state index in [1.165, 1.54) is 11.8 Å². The second-order valence-corrected chi connectivity index (χ2v) is 7.76. The van der Waals surface area contributed by atoms with Gasteiger partial charge in [0.15, 0.2) is 11.0 Å². The number of thiophene rings is 1. The fourth-order valence-corrected chi connectivity index (χ4v) is 4.21. The Bertz CT molecular complexity index is 1100. The minimum atomic E-state index is 0.00336. The van der Waals surface area contributed by atoms with Crippen molar-refractivity contribution in [1.29, 1.82) is 0 Å². The summed E-state index contributed by atoms with van der Waals surface area (Å²) in [6.07, 6.45) is 1.94. The van der Waals surface area contributed by atoms with Crippen molar-refractivity contribution in [2.45, 2.75) is 37.2 Å². The molecule has 0 bridgehead atoms. The molecule has 3 aromatic heterocycles. The summed E-state index contributed by atoms with van der Waals surface area (Å²) in [4.78, 5) is 22.0. The molecule has 0 aliphatic rings. The minimum absolute atomic E-state index is 0.00336. The minimum Gasteiger partial charge on any atom is -0.334 e. The average molecular weight is 399 g/mol. The lowest BCUT2D eigenvalue weighted by atomic mass is 10.2. The predicted molar refractivity (Wildman–Crippen MR) is 108 cm³/mol. The van der Waals surface area contributed by atoms with Crippen LogP contribution in [0.2, 0.25) is 0 Å². The van der Waals surface area contributed by atoms with Crippen LogP contribution in [0.5, 0.6) is 0 Å². The summed E-state index contributed by atoms with van der Waals surface area (Å²) in [5, 5.41) is 9.33. The van der Waals surface area contributed by atoms with Gasteiger partial charge in [0, 0.05) is 11.9 Å². The first-order chi connectivity index (χ1) is 13.3. The van der Waals surface area contributed by atoms with Crippen molar-refractivity contribution in [3.63, 3.8) is 0 Å². The molecule has 6 nitrogen and oxygen atoms in total. The van der Waals surface area contributed by atoms with Gasteiger partial charge in [0.2, 0.25) is 0 Å². The molecular weight excluding hydrogens is 380 g/mol. The Kier molecular flexibility index (Phi) is 5.35. The molecule has 8 heteroatoms. The largest absolute Gasteiger partial charge is 0.334 e. The molecule has 0 fully saturated rings. The Morgan fingerprint density at radius 2 is 2.11 bits per heavy atom. The first-order valence-corrected chi connectivity index (χ1v) is 10.7. The number of para-hydroxylation sites is 1. The highest BCUT2D eigenvalue weighted by Gasteiger charge is 2.14. The standard InChI is InChI=1S/C19H18N4O2S2/c1-2-3-9-23-18(24)14-6-4-5-7-15(14)20-19(23)27-12-16-21-17(25-22-16)13-8-10-26-11-13/h4-8,10-11H,2-3,9,12H2,1H3. The molecule has 0 unspecified atom stereocenters. The van der Waals surface area contributed by atoms with Crippen LogP contribution in [-0.4, -0.2) is 19.7 Å². The van der Waals surface area contributed by atoms with E-state index in [0.717, 1.165) is 18.4 Å². The van der Waals surface area contributed by atoms with Crippen LogP contribution < -0.4 is 5.56 Å². The maximum atomic E-state index is 12.9. The van der Waals surface area contributed by atoms with Crippen LogP contribution in [0, 0.1) is 0 Å². The highest BCUT2D eigenvalue weighted by atomic mass is 32.2. The molecule has 0 atom stereocenters. The van der Waals surface area contributed by atoms with E-state index in [4.69, 9.17) is 9.51 Å². The van der Waals surface area contributed by atoms with Crippen LogP contribution in [0.15, 0.2) is 55.6 Å². The molecule has 0 aliphatic carbocycles. The number of thioether (sulfide) groups is 1. The molecule has 0 saturated heterocycles. The molecule has 4 aromatic rings. The summed E-state index contributed by atoms with van der Waals surface area (Å²) in [6.45, 7) is 2.76. The Morgan fingerprint density at radius 1 is 1.22 bits per heavy atom.